The predicted octanol–water partition coefficient (Wildman–Crippen LogP) is 0.450. The number of amides is 2. The number of hydrogen-bond donors (Lipinski definition) is 4. The van der Waals surface area contributed by atoms with Crippen molar-refractivity contribution in [2.45, 2.75) is 25.4 Å². The zero-order valence-corrected chi connectivity index (χ0v) is 12.4. The number of carbonyl (C=O) groups is 2. The van der Waals surface area contributed by atoms with Crippen LogP contribution in [0, 0.1) is 0 Å². The first-order valence-electron chi connectivity index (χ1n) is 6.40. The Morgan fingerprint density at radius 1 is 1.24 bits per heavy atom. The first-order valence-corrected chi connectivity index (χ1v) is 6.40. The molecule has 2 amide bonds. The molecule has 114 valence electrons. The molecule has 0 saturated carbocycles. The SMILES string of the molecule is C[C@H](N)C(=O)NC(=O)[C@@H](N)Cc1c[nH]c2ccccc12.Cl. The smallest absolute Gasteiger partial charge is 0.243 e. The number of rotatable bonds is 4. The van der Waals surface area contributed by atoms with Gasteiger partial charge in [0.25, 0.3) is 0 Å². The maximum Gasteiger partial charge on any atom is 0.243 e. The van der Waals surface area contributed by atoms with Crippen molar-refractivity contribution >= 4 is 35.1 Å². The molecule has 0 saturated heterocycles. The third-order valence-electron chi connectivity index (χ3n) is 3.11. The standard InChI is InChI=1S/C14H18N4O2.ClH/c1-8(15)13(19)18-14(20)11(16)6-9-7-17-12-5-3-2-4-10(9)12;/h2-5,7-8,11,17H,6,15-16H2,1H3,(H,18,19,20);1H/t8-,11-;/m0./s1. The summed E-state index contributed by atoms with van der Waals surface area (Å²) in [6, 6.07) is 6.22. The van der Waals surface area contributed by atoms with Gasteiger partial charge in [-0.1, -0.05) is 18.2 Å². The molecule has 1 aromatic heterocycles. The molecule has 0 bridgehead atoms. The molecule has 0 radical (unpaired) electrons. The van der Waals surface area contributed by atoms with Crippen LogP contribution in [0.3, 0.4) is 0 Å². The molecular formula is C14H19ClN4O2. The fourth-order valence-corrected chi connectivity index (χ4v) is 1.96. The Morgan fingerprint density at radius 2 is 1.90 bits per heavy atom. The second kappa shape index (κ2) is 7.21. The van der Waals surface area contributed by atoms with E-state index in [1.54, 1.807) is 0 Å². The summed E-state index contributed by atoms with van der Waals surface area (Å²) in [6.07, 6.45) is 2.17. The highest BCUT2D eigenvalue weighted by Crippen LogP contribution is 2.18. The van der Waals surface area contributed by atoms with Crippen LogP contribution in [0.5, 0.6) is 0 Å². The van der Waals surface area contributed by atoms with E-state index >= 15 is 0 Å². The van der Waals surface area contributed by atoms with E-state index in [-0.39, 0.29) is 12.4 Å². The van der Waals surface area contributed by atoms with Crippen LogP contribution in [0.25, 0.3) is 10.9 Å². The van der Waals surface area contributed by atoms with Gasteiger partial charge >= 0.3 is 0 Å². The Labute approximate surface area is 128 Å². The van der Waals surface area contributed by atoms with Crippen molar-refractivity contribution in [3.63, 3.8) is 0 Å². The van der Waals surface area contributed by atoms with E-state index in [9.17, 15) is 9.59 Å². The molecule has 2 rings (SSSR count). The maximum atomic E-state index is 11.8. The van der Waals surface area contributed by atoms with Crippen molar-refractivity contribution in [3.05, 3.63) is 36.0 Å². The molecule has 1 heterocycles. The number of nitrogens with two attached hydrogens (primary N) is 2. The van der Waals surface area contributed by atoms with Gasteiger partial charge in [-0.15, -0.1) is 12.4 Å². The molecule has 2 atom stereocenters. The summed E-state index contributed by atoms with van der Waals surface area (Å²) in [5.74, 6) is -1.04. The largest absolute Gasteiger partial charge is 0.361 e. The lowest BCUT2D eigenvalue weighted by Crippen LogP contribution is -2.49. The zero-order chi connectivity index (χ0) is 14.7. The van der Waals surface area contributed by atoms with Gasteiger partial charge in [0, 0.05) is 17.1 Å². The van der Waals surface area contributed by atoms with Crippen LogP contribution in [0.15, 0.2) is 30.5 Å². The molecule has 7 heteroatoms. The highest BCUT2D eigenvalue weighted by atomic mass is 35.5. The van der Waals surface area contributed by atoms with E-state index in [1.165, 1.54) is 6.92 Å². The van der Waals surface area contributed by atoms with Crippen LogP contribution in [-0.2, 0) is 16.0 Å². The van der Waals surface area contributed by atoms with Gasteiger partial charge in [-0.05, 0) is 25.0 Å². The van der Waals surface area contributed by atoms with E-state index in [2.05, 4.69) is 10.3 Å². The molecule has 6 N–H and O–H groups in total. The monoisotopic (exact) mass is 310 g/mol. The van der Waals surface area contributed by atoms with Gasteiger partial charge in [0.1, 0.15) is 0 Å². The number of halogens is 1. The zero-order valence-electron chi connectivity index (χ0n) is 11.6. The number of imide groups is 1. The van der Waals surface area contributed by atoms with Crippen molar-refractivity contribution in [3.8, 4) is 0 Å². The van der Waals surface area contributed by atoms with Gasteiger partial charge < -0.3 is 16.5 Å². The van der Waals surface area contributed by atoms with E-state index in [4.69, 9.17) is 11.5 Å². The van der Waals surface area contributed by atoms with Crippen LogP contribution < -0.4 is 16.8 Å². The van der Waals surface area contributed by atoms with E-state index in [0.717, 1.165) is 16.5 Å². The minimum atomic E-state index is -0.795. The molecule has 0 aliphatic rings. The summed E-state index contributed by atoms with van der Waals surface area (Å²) in [5.41, 5.74) is 13.1. The molecule has 1 aromatic carbocycles. The van der Waals surface area contributed by atoms with Crippen LogP contribution in [0.2, 0.25) is 0 Å². The van der Waals surface area contributed by atoms with Crippen molar-refractivity contribution in [1.29, 1.82) is 0 Å². The summed E-state index contributed by atoms with van der Waals surface area (Å²) in [7, 11) is 0. The molecule has 0 aliphatic heterocycles. The summed E-state index contributed by atoms with van der Waals surface area (Å²) < 4.78 is 0. The van der Waals surface area contributed by atoms with Crippen LogP contribution in [0.1, 0.15) is 12.5 Å². The normalized spacial score (nSPS) is 13.3. The van der Waals surface area contributed by atoms with Gasteiger partial charge in [0.2, 0.25) is 11.8 Å². The number of carbonyl (C=O) groups excluding carboxylic acids is 2. The fraction of sp³-hybridized carbons (Fsp3) is 0.286. The second-order valence-corrected chi connectivity index (χ2v) is 4.81. The number of fused-ring (bicyclic) bond motifs is 1. The lowest BCUT2D eigenvalue weighted by Gasteiger charge is -2.12. The third kappa shape index (κ3) is 4.04. The summed E-state index contributed by atoms with van der Waals surface area (Å²) in [5, 5.41) is 3.22. The molecule has 21 heavy (non-hydrogen) atoms. The quantitative estimate of drug-likeness (QED) is 0.656. The van der Waals surface area contributed by atoms with Gasteiger partial charge in [0.15, 0.2) is 0 Å². The Balaban J connectivity index is 0.00000220. The van der Waals surface area contributed by atoms with Crippen LogP contribution >= 0.6 is 12.4 Å². The maximum absolute atomic E-state index is 11.8. The molecule has 0 aliphatic carbocycles. The molecule has 0 unspecified atom stereocenters. The lowest BCUT2D eigenvalue weighted by molar-refractivity contribution is -0.131. The number of aromatic amines is 1. The molecule has 2 aromatic rings. The van der Waals surface area contributed by atoms with Crippen molar-refractivity contribution in [2.75, 3.05) is 0 Å². The molecule has 6 nitrogen and oxygen atoms in total. The first-order chi connectivity index (χ1) is 9.49. The fourth-order valence-electron chi connectivity index (χ4n) is 1.96. The molecule has 0 spiro atoms. The minimum Gasteiger partial charge on any atom is -0.361 e. The molecule has 0 fully saturated rings. The van der Waals surface area contributed by atoms with Crippen molar-refractivity contribution in [2.24, 2.45) is 11.5 Å². The summed E-state index contributed by atoms with van der Waals surface area (Å²) >= 11 is 0. The second-order valence-electron chi connectivity index (χ2n) is 4.81. The predicted molar refractivity (Wildman–Crippen MR) is 84.0 cm³/mol. The van der Waals surface area contributed by atoms with E-state index in [0.29, 0.717) is 6.42 Å². The minimum absolute atomic E-state index is 0. The number of aromatic nitrogens is 1. The van der Waals surface area contributed by atoms with E-state index < -0.39 is 23.9 Å². The van der Waals surface area contributed by atoms with Crippen LogP contribution in [0.4, 0.5) is 0 Å². The Hall–Kier alpha value is -1.89. The highest BCUT2D eigenvalue weighted by molar-refractivity contribution is 6.00. The lowest BCUT2D eigenvalue weighted by atomic mass is 10.1. The third-order valence-corrected chi connectivity index (χ3v) is 3.11. The summed E-state index contributed by atoms with van der Waals surface area (Å²) in [4.78, 5) is 26.3. The topological polar surface area (TPSA) is 114 Å². The van der Waals surface area contributed by atoms with Crippen LogP contribution in [-0.4, -0.2) is 28.9 Å². The average molecular weight is 311 g/mol. The summed E-state index contributed by atoms with van der Waals surface area (Å²) in [6.45, 7) is 1.51. The van der Waals surface area contributed by atoms with Crippen molar-refractivity contribution in [1.82, 2.24) is 10.3 Å². The number of H-pyrrole nitrogens is 1. The van der Waals surface area contributed by atoms with Crippen molar-refractivity contribution < 1.29 is 9.59 Å². The average Bonchev–Trinajstić information content (AvgIpc) is 2.82. The number of hydrogen-bond acceptors (Lipinski definition) is 4. The highest BCUT2D eigenvalue weighted by Gasteiger charge is 2.19. The van der Waals surface area contributed by atoms with E-state index in [1.807, 2.05) is 30.5 Å². The Bertz CT molecular complexity index is 639. The number of benzene rings is 1. The number of para-hydroxylation sites is 1. The number of nitrogens with one attached hydrogen (secondary N) is 2. The molecular weight excluding hydrogens is 292 g/mol. The van der Waals surface area contributed by atoms with Gasteiger partial charge in [0.05, 0.1) is 12.1 Å². The van der Waals surface area contributed by atoms with Gasteiger partial charge in [-0.25, -0.2) is 0 Å². The Morgan fingerprint density at radius 3 is 2.57 bits per heavy atom. The first kappa shape index (κ1) is 17.2. The Kier molecular flexibility index (Phi) is 5.90. The van der Waals surface area contributed by atoms with Gasteiger partial charge in [-0.3, -0.25) is 14.9 Å². The van der Waals surface area contributed by atoms with Gasteiger partial charge in [-0.2, -0.15) is 0 Å².